The highest BCUT2D eigenvalue weighted by Crippen LogP contribution is 2.29. The van der Waals surface area contributed by atoms with E-state index < -0.39 is 0 Å². The quantitative estimate of drug-likeness (QED) is 0.866. The fraction of sp³-hybridized carbons (Fsp3) is 0.600. The molecule has 21 heavy (non-hydrogen) atoms. The Morgan fingerprint density at radius 2 is 2.33 bits per heavy atom. The molecule has 5 nitrogen and oxygen atoms in total. The average Bonchev–Trinajstić information content (AvgIpc) is 2.94. The van der Waals surface area contributed by atoms with E-state index in [9.17, 15) is 4.79 Å². The van der Waals surface area contributed by atoms with Crippen molar-refractivity contribution in [1.82, 2.24) is 14.7 Å². The smallest absolute Gasteiger partial charge is 0.287 e. The highest BCUT2D eigenvalue weighted by atomic mass is 35.5. The third-order valence-corrected chi connectivity index (χ3v) is 4.83. The van der Waals surface area contributed by atoms with Gasteiger partial charge in [0.2, 0.25) is 0 Å². The van der Waals surface area contributed by atoms with Gasteiger partial charge in [0.05, 0.1) is 18.4 Å². The van der Waals surface area contributed by atoms with E-state index in [-0.39, 0.29) is 10.6 Å². The molecule has 2 atom stereocenters. The molecule has 1 N–H and O–H groups in total. The van der Waals surface area contributed by atoms with E-state index in [1.54, 1.807) is 12.3 Å². The lowest BCUT2D eigenvalue weighted by atomic mass is 9.97. The maximum absolute atomic E-state index is 12.1. The maximum atomic E-state index is 12.1. The molecule has 1 aromatic rings. The first-order valence-corrected chi connectivity index (χ1v) is 7.94. The van der Waals surface area contributed by atoms with Crippen molar-refractivity contribution in [3.05, 3.63) is 34.2 Å². The Morgan fingerprint density at radius 1 is 1.48 bits per heavy atom. The summed E-state index contributed by atoms with van der Waals surface area (Å²) in [4.78, 5) is 14.6. The number of hydrogen-bond acceptors (Lipinski definition) is 4. The molecule has 0 saturated carbocycles. The number of aromatic nitrogens is 2. The van der Waals surface area contributed by atoms with E-state index in [2.05, 4.69) is 21.9 Å². The molecule has 3 rings (SSSR count). The maximum Gasteiger partial charge on any atom is 0.287 e. The molecule has 0 bridgehead atoms. The van der Waals surface area contributed by atoms with E-state index in [0.29, 0.717) is 24.3 Å². The largest absolute Gasteiger partial charge is 0.380 e. The highest BCUT2D eigenvalue weighted by Gasteiger charge is 2.31. The first kappa shape index (κ1) is 14.6. The van der Waals surface area contributed by atoms with Gasteiger partial charge in [-0.05, 0) is 32.2 Å². The molecule has 2 unspecified atom stereocenters. The van der Waals surface area contributed by atoms with Crippen LogP contribution in [0.25, 0.3) is 0 Å². The van der Waals surface area contributed by atoms with Crippen LogP contribution in [-0.2, 0) is 6.54 Å². The van der Waals surface area contributed by atoms with Gasteiger partial charge in [-0.3, -0.25) is 4.79 Å². The predicted octanol–water partition coefficient (Wildman–Crippen LogP) is 2.12. The fourth-order valence-corrected chi connectivity index (χ4v) is 3.59. The number of anilines is 1. The summed E-state index contributed by atoms with van der Waals surface area (Å²) in [6, 6.07) is 1.06. The zero-order valence-corrected chi connectivity index (χ0v) is 12.9. The van der Waals surface area contributed by atoms with Crippen molar-refractivity contribution in [1.29, 1.82) is 0 Å². The van der Waals surface area contributed by atoms with Gasteiger partial charge in [0.1, 0.15) is 5.02 Å². The number of halogens is 1. The molecule has 2 aliphatic rings. The van der Waals surface area contributed by atoms with Gasteiger partial charge >= 0.3 is 0 Å². The second-order valence-electron chi connectivity index (χ2n) is 5.85. The van der Waals surface area contributed by atoms with Gasteiger partial charge in [-0.15, -0.1) is 6.58 Å². The second kappa shape index (κ2) is 6.20. The molecular formula is C15H21ClN4O. The Labute approximate surface area is 129 Å². The lowest BCUT2D eigenvalue weighted by Gasteiger charge is -2.35. The van der Waals surface area contributed by atoms with Crippen LogP contribution in [0.1, 0.15) is 25.7 Å². The normalized spacial score (nSPS) is 25.6. The Hall–Kier alpha value is -1.33. The summed E-state index contributed by atoms with van der Waals surface area (Å²) in [7, 11) is 0. The third-order valence-electron chi connectivity index (χ3n) is 4.47. The van der Waals surface area contributed by atoms with Crippen LogP contribution in [0.5, 0.6) is 0 Å². The minimum absolute atomic E-state index is 0.223. The summed E-state index contributed by atoms with van der Waals surface area (Å²) in [5.74, 6) is 0. The molecule has 0 spiro atoms. The first-order chi connectivity index (χ1) is 10.2. The molecule has 2 fully saturated rings. The van der Waals surface area contributed by atoms with Gasteiger partial charge < -0.3 is 10.2 Å². The van der Waals surface area contributed by atoms with E-state index in [1.165, 1.54) is 24.1 Å². The summed E-state index contributed by atoms with van der Waals surface area (Å²) in [6.45, 7) is 6.34. The van der Waals surface area contributed by atoms with Gasteiger partial charge in [0.25, 0.3) is 5.56 Å². The second-order valence-corrected chi connectivity index (χ2v) is 6.22. The van der Waals surface area contributed by atoms with E-state index >= 15 is 0 Å². The number of rotatable bonds is 4. The van der Waals surface area contributed by atoms with E-state index in [0.717, 1.165) is 19.4 Å². The fourth-order valence-electron chi connectivity index (χ4n) is 3.39. The number of nitrogens with zero attached hydrogens (tertiary/aromatic N) is 3. The zero-order valence-electron chi connectivity index (χ0n) is 12.1. The summed E-state index contributed by atoms with van der Waals surface area (Å²) >= 11 is 6.18. The average molecular weight is 309 g/mol. The molecule has 114 valence electrons. The molecule has 0 aliphatic carbocycles. The standard InChI is InChI=1S/C15H21ClN4O/c1-2-6-20-15(21)14(16)13(10-17-20)18-11-5-8-19-7-3-4-12(19)9-11/h2,10-12,18H,1,3-9H2. The number of allylic oxidation sites excluding steroid dienone is 1. The van der Waals surface area contributed by atoms with Gasteiger partial charge in [0, 0.05) is 18.6 Å². The summed E-state index contributed by atoms with van der Waals surface area (Å²) in [5.41, 5.74) is 0.387. The summed E-state index contributed by atoms with van der Waals surface area (Å²) < 4.78 is 1.32. The monoisotopic (exact) mass is 308 g/mol. The number of piperidine rings is 1. The molecule has 0 amide bonds. The molecule has 3 heterocycles. The van der Waals surface area contributed by atoms with Crippen molar-refractivity contribution < 1.29 is 0 Å². The molecule has 0 radical (unpaired) electrons. The van der Waals surface area contributed by atoms with Crippen LogP contribution in [0.2, 0.25) is 5.02 Å². The first-order valence-electron chi connectivity index (χ1n) is 7.56. The molecule has 6 heteroatoms. The van der Waals surface area contributed by atoms with Crippen molar-refractivity contribution in [2.45, 2.75) is 44.3 Å². The van der Waals surface area contributed by atoms with Crippen molar-refractivity contribution in [3.63, 3.8) is 0 Å². The Kier molecular flexibility index (Phi) is 4.31. The Morgan fingerprint density at radius 3 is 3.14 bits per heavy atom. The zero-order chi connectivity index (χ0) is 14.8. The van der Waals surface area contributed by atoms with Crippen LogP contribution in [0.3, 0.4) is 0 Å². The van der Waals surface area contributed by atoms with Gasteiger partial charge in [-0.2, -0.15) is 5.10 Å². The SMILES string of the molecule is C=CCn1ncc(NC2CCN3CCCC3C2)c(Cl)c1=O. The van der Waals surface area contributed by atoms with Crippen molar-refractivity contribution in [2.75, 3.05) is 18.4 Å². The minimum Gasteiger partial charge on any atom is -0.380 e. The van der Waals surface area contributed by atoms with E-state index in [4.69, 9.17) is 11.6 Å². The lowest BCUT2D eigenvalue weighted by Crippen LogP contribution is -2.43. The predicted molar refractivity (Wildman–Crippen MR) is 84.9 cm³/mol. The van der Waals surface area contributed by atoms with Crippen molar-refractivity contribution in [3.8, 4) is 0 Å². The Bertz CT molecular complexity index is 586. The van der Waals surface area contributed by atoms with Gasteiger partial charge in [0.15, 0.2) is 0 Å². The lowest BCUT2D eigenvalue weighted by molar-refractivity contribution is 0.188. The number of fused-ring (bicyclic) bond motifs is 1. The Balaban J connectivity index is 1.71. The third kappa shape index (κ3) is 2.99. The van der Waals surface area contributed by atoms with Crippen LogP contribution in [0.4, 0.5) is 5.69 Å². The van der Waals surface area contributed by atoms with Crippen LogP contribution in [0.15, 0.2) is 23.6 Å². The summed E-state index contributed by atoms with van der Waals surface area (Å²) in [6.07, 6.45) is 8.07. The minimum atomic E-state index is -0.264. The number of nitrogens with one attached hydrogen (secondary N) is 1. The van der Waals surface area contributed by atoms with Crippen LogP contribution in [-0.4, -0.2) is 39.9 Å². The molecule has 0 aromatic carbocycles. The number of hydrogen-bond donors (Lipinski definition) is 1. The van der Waals surface area contributed by atoms with E-state index in [1.807, 2.05) is 0 Å². The summed E-state index contributed by atoms with van der Waals surface area (Å²) in [5, 5.41) is 7.77. The van der Waals surface area contributed by atoms with Crippen molar-refractivity contribution >= 4 is 17.3 Å². The van der Waals surface area contributed by atoms with Crippen LogP contribution in [0, 0.1) is 0 Å². The topological polar surface area (TPSA) is 50.2 Å². The molecule has 2 saturated heterocycles. The van der Waals surface area contributed by atoms with Crippen LogP contribution < -0.4 is 10.9 Å². The molecule has 2 aliphatic heterocycles. The molecule has 1 aromatic heterocycles. The van der Waals surface area contributed by atoms with Crippen LogP contribution >= 0.6 is 11.6 Å². The highest BCUT2D eigenvalue weighted by molar-refractivity contribution is 6.32. The van der Waals surface area contributed by atoms with Gasteiger partial charge in [-0.25, -0.2) is 4.68 Å². The molecular weight excluding hydrogens is 288 g/mol. The van der Waals surface area contributed by atoms with Gasteiger partial charge in [-0.1, -0.05) is 17.7 Å². The van der Waals surface area contributed by atoms with Crippen molar-refractivity contribution in [2.24, 2.45) is 0 Å².